The van der Waals surface area contributed by atoms with E-state index in [1.165, 1.54) is 11.1 Å². The normalized spacial score (nSPS) is 26.7. The number of amides is 2. The number of β-amino-alcohol motifs (C(OH)–C–C–N with tert-alkyl or cyclic N) is 1. The first-order chi connectivity index (χ1) is 24.8. The summed E-state index contributed by atoms with van der Waals surface area (Å²) in [6, 6.07) is 11.0. The zero-order valence-electron chi connectivity index (χ0n) is 31.9. The molecule has 1 saturated heterocycles. The number of hydrogen-bond acceptors (Lipinski definition) is 7. The lowest BCUT2D eigenvalue weighted by Crippen LogP contribution is -2.66. The maximum atomic E-state index is 14.7. The summed E-state index contributed by atoms with van der Waals surface area (Å²) in [7, 11) is 1.73. The predicted octanol–water partition coefficient (Wildman–Crippen LogP) is 7.87. The monoisotopic (exact) mass is 711 g/mol. The number of pyridine rings is 1. The number of anilines is 1. The van der Waals surface area contributed by atoms with E-state index in [2.05, 4.69) is 56.3 Å². The van der Waals surface area contributed by atoms with Gasteiger partial charge in [-0.1, -0.05) is 26.0 Å². The standard InChI is InChI=1S/C42H57N5O5/c1-28(2)42(50)26-45(27-42)39(49)52-35-10-7-31(8-11-35)38(48)46(37-22-32(13-20-43-37)33-23-44-47(24-33)29(3)4)25-40-14-17-41(18-15-40,19-16-40)34-9-12-36(51-6)30(5)21-34/h9,12-13,20-24,28-29,31,35,50H,7-8,10-11,14-19,25-27H2,1-6H3. The van der Waals surface area contributed by atoms with Crippen LogP contribution in [0.3, 0.4) is 0 Å². The van der Waals surface area contributed by atoms with Crippen molar-refractivity contribution < 1.29 is 24.2 Å². The van der Waals surface area contributed by atoms with Gasteiger partial charge in [0.05, 0.1) is 26.4 Å². The highest BCUT2D eigenvalue weighted by Crippen LogP contribution is 2.58. The van der Waals surface area contributed by atoms with Gasteiger partial charge in [-0.15, -0.1) is 0 Å². The fourth-order valence-electron chi connectivity index (χ4n) is 9.24. The third kappa shape index (κ3) is 6.95. The van der Waals surface area contributed by atoms with Crippen molar-refractivity contribution >= 4 is 17.8 Å². The lowest BCUT2D eigenvalue weighted by atomic mass is 9.51. The van der Waals surface area contributed by atoms with Crippen molar-refractivity contribution in [3.8, 4) is 16.9 Å². The molecule has 2 bridgehead atoms. The fourth-order valence-corrected chi connectivity index (χ4v) is 9.24. The Labute approximate surface area is 308 Å². The number of methoxy groups -OCH3 is 1. The molecule has 52 heavy (non-hydrogen) atoms. The van der Waals surface area contributed by atoms with Crippen LogP contribution < -0.4 is 9.64 Å². The quantitative estimate of drug-likeness (QED) is 0.228. The smallest absolute Gasteiger partial charge is 0.410 e. The first-order valence-corrected chi connectivity index (χ1v) is 19.5. The molecule has 5 aliphatic rings. The minimum Gasteiger partial charge on any atom is -0.496 e. The summed E-state index contributed by atoms with van der Waals surface area (Å²) in [4.78, 5) is 36.0. The molecular formula is C42H57N5O5. The van der Waals surface area contributed by atoms with Gasteiger partial charge < -0.3 is 19.5 Å². The molecule has 280 valence electrons. The van der Waals surface area contributed by atoms with E-state index in [4.69, 9.17) is 14.5 Å². The van der Waals surface area contributed by atoms with Gasteiger partial charge in [-0.05, 0) is 137 Å². The zero-order valence-corrected chi connectivity index (χ0v) is 31.9. The van der Waals surface area contributed by atoms with Gasteiger partial charge in [-0.3, -0.25) is 14.4 Å². The van der Waals surface area contributed by atoms with Crippen LogP contribution in [0.1, 0.15) is 109 Å². The Bertz CT molecular complexity index is 1740. The second-order valence-electron chi connectivity index (χ2n) is 17.1. The summed E-state index contributed by atoms with van der Waals surface area (Å²) in [5, 5.41) is 15.2. The first kappa shape index (κ1) is 36.4. The van der Waals surface area contributed by atoms with Crippen molar-refractivity contribution in [2.24, 2.45) is 17.3 Å². The average molecular weight is 712 g/mol. The number of likely N-dealkylation sites (tertiary alicyclic amines) is 1. The van der Waals surface area contributed by atoms with Crippen LogP contribution in [0.5, 0.6) is 5.75 Å². The van der Waals surface area contributed by atoms with E-state index in [0.29, 0.717) is 51.1 Å². The molecular weight excluding hydrogens is 654 g/mol. The molecule has 5 fully saturated rings. The third-order valence-electron chi connectivity index (χ3n) is 13.2. The molecule has 3 aromatic rings. The molecule has 1 aliphatic heterocycles. The van der Waals surface area contributed by atoms with Gasteiger partial charge in [0.25, 0.3) is 0 Å². The Morgan fingerprint density at radius 1 is 0.962 bits per heavy atom. The largest absolute Gasteiger partial charge is 0.496 e. The molecule has 3 heterocycles. The Kier molecular flexibility index (Phi) is 9.91. The van der Waals surface area contributed by atoms with Crippen LogP contribution in [0.2, 0.25) is 0 Å². The molecule has 0 radical (unpaired) electrons. The Morgan fingerprint density at radius 2 is 1.65 bits per heavy atom. The van der Waals surface area contributed by atoms with Crippen LogP contribution >= 0.6 is 0 Å². The topological polar surface area (TPSA) is 110 Å². The number of aliphatic hydroxyl groups is 1. The summed E-state index contributed by atoms with van der Waals surface area (Å²) in [6.07, 6.45) is 14.4. The SMILES string of the molecule is COc1ccc(C23CCC(CN(C(=O)C4CCC(OC(=O)N5CC(O)(C(C)C)C5)CC4)c4cc(-c5cnn(C(C)C)c5)ccn4)(CC2)CC3)cc1C. The van der Waals surface area contributed by atoms with Crippen molar-refractivity contribution in [2.75, 3.05) is 31.6 Å². The summed E-state index contributed by atoms with van der Waals surface area (Å²) in [5.74, 6) is 1.68. The highest BCUT2D eigenvalue weighted by atomic mass is 16.6. The number of benzene rings is 1. The number of ether oxygens (including phenoxy) is 2. The molecule has 0 atom stereocenters. The van der Waals surface area contributed by atoms with Gasteiger partial charge in [-0.2, -0.15) is 5.10 Å². The highest BCUT2D eigenvalue weighted by molar-refractivity contribution is 5.95. The number of rotatable bonds is 10. The summed E-state index contributed by atoms with van der Waals surface area (Å²) in [5.41, 5.74) is 4.00. The summed E-state index contributed by atoms with van der Waals surface area (Å²) in [6.45, 7) is 11.6. The van der Waals surface area contributed by atoms with Gasteiger partial charge >= 0.3 is 6.09 Å². The van der Waals surface area contributed by atoms with Gasteiger partial charge in [0.1, 0.15) is 23.3 Å². The van der Waals surface area contributed by atoms with Crippen molar-refractivity contribution in [1.29, 1.82) is 0 Å². The van der Waals surface area contributed by atoms with Gasteiger partial charge in [0.15, 0.2) is 0 Å². The van der Waals surface area contributed by atoms with Gasteiger partial charge in [0, 0.05) is 36.5 Å². The number of fused-ring (bicyclic) bond motifs is 3. The number of carbonyl (C=O) groups is 2. The van der Waals surface area contributed by atoms with Crippen molar-refractivity contribution in [3.05, 3.63) is 60.0 Å². The molecule has 0 unspecified atom stereocenters. The Hall–Kier alpha value is -3.92. The molecule has 4 saturated carbocycles. The zero-order chi connectivity index (χ0) is 36.8. The molecule has 1 aromatic carbocycles. The average Bonchev–Trinajstić information content (AvgIpc) is 3.65. The molecule has 10 heteroatoms. The van der Waals surface area contributed by atoms with E-state index in [0.717, 1.165) is 55.4 Å². The molecule has 2 aromatic heterocycles. The van der Waals surface area contributed by atoms with Crippen LogP contribution in [0.4, 0.5) is 10.6 Å². The molecule has 10 nitrogen and oxygen atoms in total. The lowest BCUT2D eigenvalue weighted by Gasteiger charge is -2.55. The number of aromatic nitrogens is 3. The van der Waals surface area contributed by atoms with Crippen molar-refractivity contribution in [2.45, 2.75) is 122 Å². The lowest BCUT2D eigenvalue weighted by molar-refractivity contribution is -0.127. The minimum absolute atomic E-state index is 0.0427. The van der Waals surface area contributed by atoms with E-state index in [1.807, 2.05) is 41.9 Å². The molecule has 4 aliphatic carbocycles. The highest BCUT2D eigenvalue weighted by Gasteiger charge is 2.51. The van der Waals surface area contributed by atoms with Crippen LogP contribution in [-0.2, 0) is 14.9 Å². The van der Waals surface area contributed by atoms with E-state index in [1.54, 1.807) is 12.0 Å². The van der Waals surface area contributed by atoms with Gasteiger partial charge in [0.2, 0.25) is 5.91 Å². The Morgan fingerprint density at radius 3 is 2.25 bits per heavy atom. The maximum absolute atomic E-state index is 14.7. The van der Waals surface area contributed by atoms with Crippen LogP contribution in [0, 0.1) is 24.2 Å². The van der Waals surface area contributed by atoms with E-state index in [9.17, 15) is 14.7 Å². The molecule has 1 N–H and O–H groups in total. The first-order valence-electron chi connectivity index (χ1n) is 19.5. The van der Waals surface area contributed by atoms with E-state index >= 15 is 0 Å². The Balaban J connectivity index is 1.07. The van der Waals surface area contributed by atoms with Crippen molar-refractivity contribution in [1.82, 2.24) is 19.7 Å². The van der Waals surface area contributed by atoms with Gasteiger partial charge in [-0.25, -0.2) is 9.78 Å². The molecule has 0 spiro atoms. The minimum atomic E-state index is -0.834. The van der Waals surface area contributed by atoms with Crippen LogP contribution in [-0.4, -0.2) is 75.2 Å². The third-order valence-corrected chi connectivity index (χ3v) is 13.2. The van der Waals surface area contributed by atoms with Crippen LogP contribution in [0.15, 0.2) is 48.9 Å². The fraction of sp³-hybridized carbons (Fsp3) is 0.619. The van der Waals surface area contributed by atoms with Crippen molar-refractivity contribution in [3.63, 3.8) is 0 Å². The number of nitrogens with zero attached hydrogens (tertiary/aromatic N) is 5. The molecule has 8 rings (SSSR count). The van der Waals surface area contributed by atoms with E-state index < -0.39 is 5.60 Å². The number of hydrogen-bond donors (Lipinski definition) is 1. The maximum Gasteiger partial charge on any atom is 0.410 e. The summed E-state index contributed by atoms with van der Waals surface area (Å²) < 4.78 is 13.4. The summed E-state index contributed by atoms with van der Waals surface area (Å²) >= 11 is 0. The van der Waals surface area contributed by atoms with Crippen LogP contribution in [0.25, 0.3) is 11.1 Å². The predicted molar refractivity (Wildman–Crippen MR) is 201 cm³/mol. The number of aryl methyl sites for hydroxylation is 1. The van der Waals surface area contributed by atoms with E-state index in [-0.39, 0.29) is 46.8 Å². The second kappa shape index (κ2) is 14.1. The second-order valence-corrected chi connectivity index (χ2v) is 17.1. The molecule has 2 amide bonds. The number of carbonyl (C=O) groups excluding carboxylic acids is 2.